The first-order valence-corrected chi connectivity index (χ1v) is 12.0. The van der Waals surface area contributed by atoms with Gasteiger partial charge in [0.2, 0.25) is 0 Å². The number of nitrogens with zero attached hydrogens (tertiary/aromatic N) is 3. The fourth-order valence-electron chi connectivity index (χ4n) is 5.08. The van der Waals surface area contributed by atoms with Crippen molar-refractivity contribution in [3.63, 3.8) is 0 Å². The van der Waals surface area contributed by atoms with Crippen LogP contribution in [-0.2, 0) is 4.74 Å². The van der Waals surface area contributed by atoms with Crippen LogP contribution >= 0.6 is 23.8 Å². The predicted octanol–water partition coefficient (Wildman–Crippen LogP) is 5.00. The van der Waals surface area contributed by atoms with E-state index in [0.29, 0.717) is 15.8 Å². The number of rotatable bonds is 5. The van der Waals surface area contributed by atoms with Crippen LogP contribution < -0.4 is 5.32 Å². The van der Waals surface area contributed by atoms with E-state index in [1.807, 2.05) is 31.3 Å². The third kappa shape index (κ3) is 4.09. The highest BCUT2D eigenvalue weighted by molar-refractivity contribution is 7.80. The fourth-order valence-corrected chi connectivity index (χ4v) is 5.56. The van der Waals surface area contributed by atoms with Gasteiger partial charge in [-0.2, -0.15) is 0 Å². The Hall–Kier alpha value is -2.61. The molecule has 0 amide bonds. The number of aromatic nitrogens is 2. The zero-order valence-electron chi connectivity index (χ0n) is 18.7. The maximum absolute atomic E-state index is 10.6. The van der Waals surface area contributed by atoms with Gasteiger partial charge in [0, 0.05) is 35.8 Å². The van der Waals surface area contributed by atoms with E-state index >= 15 is 0 Å². The van der Waals surface area contributed by atoms with Crippen LogP contribution in [0.2, 0.25) is 5.02 Å². The maximum atomic E-state index is 10.6. The highest BCUT2D eigenvalue weighted by Crippen LogP contribution is 2.42. The van der Waals surface area contributed by atoms with Crippen molar-refractivity contribution in [3.05, 3.63) is 76.3 Å². The van der Waals surface area contributed by atoms with Crippen LogP contribution in [0, 0.1) is 13.8 Å². The van der Waals surface area contributed by atoms with Gasteiger partial charge in [0.25, 0.3) is 0 Å². The van der Waals surface area contributed by atoms with E-state index in [0.717, 1.165) is 48.6 Å². The number of thiocarbonyl (C=S) groups is 1. The summed E-state index contributed by atoms with van der Waals surface area (Å²) in [6.45, 7) is 5.64. The van der Waals surface area contributed by atoms with Crippen molar-refractivity contribution < 1.29 is 9.84 Å². The van der Waals surface area contributed by atoms with Gasteiger partial charge in [0.05, 0.1) is 29.6 Å². The van der Waals surface area contributed by atoms with Crippen molar-refractivity contribution in [3.8, 4) is 11.4 Å². The summed E-state index contributed by atoms with van der Waals surface area (Å²) < 4.78 is 8.00. The van der Waals surface area contributed by atoms with Crippen molar-refractivity contribution in [1.82, 2.24) is 19.8 Å². The zero-order chi connectivity index (χ0) is 23.1. The second-order valence-electron chi connectivity index (χ2n) is 8.71. The van der Waals surface area contributed by atoms with E-state index in [1.165, 1.54) is 0 Å². The van der Waals surface area contributed by atoms with E-state index < -0.39 is 0 Å². The lowest BCUT2D eigenvalue weighted by molar-refractivity contribution is 0.0842. The summed E-state index contributed by atoms with van der Waals surface area (Å²) in [5.74, 6) is 0.185. The van der Waals surface area contributed by atoms with Crippen molar-refractivity contribution in [1.29, 1.82) is 0 Å². The van der Waals surface area contributed by atoms with Crippen molar-refractivity contribution in [2.75, 3.05) is 13.2 Å². The Morgan fingerprint density at radius 3 is 2.82 bits per heavy atom. The number of halogens is 1. The van der Waals surface area contributed by atoms with Crippen LogP contribution in [0.3, 0.4) is 0 Å². The molecule has 2 aliphatic heterocycles. The Balaban J connectivity index is 1.61. The van der Waals surface area contributed by atoms with Gasteiger partial charge in [0.15, 0.2) is 5.11 Å². The summed E-state index contributed by atoms with van der Waals surface area (Å²) in [5, 5.41) is 15.4. The van der Waals surface area contributed by atoms with E-state index in [-0.39, 0.29) is 23.9 Å². The predicted molar refractivity (Wildman–Crippen MR) is 133 cm³/mol. The first-order chi connectivity index (χ1) is 15.9. The summed E-state index contributed by atoms with van der Waals surface area (Å²) in [6.07, 6.45) is 4.09. The highest BCUT2D eigenvalue weighted by atomic mass is 35.5. The Labute approximate surface area is 204 Å². The van der Waals surface area contributed by atoms with Gasteiger partial charge < -0.3 is 24.6 Å². The molecular weight excluding hydrogens is 456 g/mol. The summed E-state index contributed by atoms with van der Waals surface area (Å²) in [4.78, 5) is 6.88. The standard InChI is InChI=1S/C25H27ClN4O2S/c1-15-12-19(16(2)30(15)21-13-17(26)8-9-22(21)31)24-23(20-7-3-4-10-27-20)28-25(33)29(24)14-18-6-5-11-32-18/h3-4,7-10,12-13,18,23-24,31H,5-6,11,14H2,1-2H3,(H,28,33)/t18-,23+,24+/m0/s1. The largest absolute Gasteiger partial charge is 0.506 e. The molecule has 0 bridgehead atoms. The minimum absolute atomic E-state index is 0.0575. The molecule has 0 unspecified atom stereocenters. The van der Waals surface area contributed by atoms with Crippen LogP contribution in [0.5, 0.6) is 5.75 Å². The topological polar surface area (TPSA) is 62.5 Å². The normalized spacial score (nSPS) is 22.7. The molecule has 3 aromatic rings. The van der Waals surface area contributed by atoms with Gasteiger partial charge in [-0.25, -0.2) is 0 Å². The smallest absolute Gasteiger partial charge is 0.170 e. The molecule has 2 N–H and O–H groups in total. The average molecular weight is 483 g/mol. The molecule has 0 saturated carbocycles. The molecule has 4 heterocycles. The molecule has 6 nitrogen and oxygen atoms in total. The van der Waals surface area contributed by atoms with Crippen LogP contribution in [0.1, 0.15) is 47.6 Å². The van der Waals surface area contributed by atoms with Crippen LogP contribution in [0.4, 0.5) is 0 Å². The Morgan fingerprint density at radius 1 is 1.24 bits per heavy atom. The highest BCUT2D eigenvalue weighted by Gasteiger charge is 2.42. The average Bonchev–Trinajstić information content (AvgIpc) is 3.50. The molecule has 8 heteroatoms. The second kappa shape index (κ2) is 8.97. The summed E-state index contributed by atoms with van der Waals surface area (Å²) >= 11 is 12.1. The lowest BCUT2D eigenvalue weighted by Crippen LogP contribution is -2.36. The minimum atomic E-state index is -0.0954. The lowest BCUT2D eigenvalue weighted by Gasteiger charge is -2.30. The number of phenolic OH excluding ortho intramolecular Hbond substituents is 1. The molecule has 0 spiro atoms. The Morgan fingerprint density at radius 2 is 2.09 bits per heavy atom. The number of phenols is 1. The van der Waals surface area contributed by atoms with Crippen molar-refractivity contribution >= 4 is 28.9 Å². The molecule has 2 fully saturated rings. The van der Waals surface area contributed by atoms with Gasteiger partial charge in [-0.05, 0) is 80.9 Å². The Bertz CT molecular complexity index is 1180. The molecule has 0 radical (unpaired) electrons. The minimum Gasteiger partial charge on any atom is -0.506 e. The second-order valence-corrected chi connectivity index (χ2v) is 9.53. The third-order valence-electron chi connectivity index (χ3n) is 6.59. The number of hydrogen-bond acceptors (Lipinski definition) is 4. The quantitative estimate of drug-likeness (QED) is 0.499. The van der Waals surface area contributed by atoms with E-state index in [2.05, 4.69) is 32.8 Å². The molecule has 2 aromatic heterocycles. The van der Waals surface area contributed by atoms with E-state index in [9.17, 15) is 5.11 Å². The molecular formula is C25H27ClN4O2S. The van der Waals surface area contributed by atoms with E-state index in [1.54, 1.807) is 18.2 Å². The Kier molecular flexibility index (Phi) is 6.03. The van der Waals surface area contributed by atoms with Gasteiger partial charge in [-0.3, -0.25) is 4.98 Å². The number of aryl methyl sites for hydroxylation is 1. The monoisotopic (exact) mass is 482 g/mol. The first kappa shape index (κ1) is 22.2. The van der Waals surface area contributed by atoms with E-state index in [4.69, 9.17) is 28.6 Å². The summed E-state index contributed by atoms with van der Waals surface area (Å²) in [6, 6.07) is 13.1. The van der Waals surface area contributed by atoms with Crippen LogP contribution in [-0.4, -0.2) is 43.9 Å². The molecule has 5 rings (SSSR count). The number of ether oxygens (including phenoxy) is 1. The number of benzene rings is 1. The summed E-state index contributed by atoms with van der Waals surface area (Å²) in [5.41, 5.74) is 4.77. The molecule has 0 aliphatic carbocycles. The van der Waals surface area contributed by atoms with Gasteiger partial charge in [-0.15, -0.1) is 0 Å². The number of hydrogen-bond donors (Lipinski definition) is 2. The SMILES string of the molecule is Cc1cc([C@@H]2[C@@H](c3ccccn3)NC(=S)N2C[C@@H]2CCCO2)c(C)n1-c1cc(Cl)ccc1O. The molecule has 172 valence electrons. The van der Waals surface area contributed by atoms with Crippen molar-refractivity contribution in [2.45, 2.75) is 44.9 Å². The first-order valence-electron chi connectivity index (χ1n) is 11.2. The molecule has 3 atom stereocenters. The van der Waals surface area contributed by atoms with Crippen LogP contribution in [0.25, 0.3) is 5.69 Å². The molecule has 1 aromatic carbocycles. The van der Waals surface area contributed by atoms with Gasteiger partial charge in [-0.1, -0.05) is 17.7 Å². The van der Waals surface area contributed by atoms with Crippen molar-refractivity contribution in [2.24, 2.45) is 0 Å². The molecule has 2 aliphatic rings. The zero-order valence-corrected chi connectivity index (χ0v) is 20.2. The van der Waals surface area contributed by atoms with Gasteiger partial charge >= 0.3 is 0 Å². The summed E-state index contributed by atoms with van der Waals surface area (Å²) in [7, 11) is 0. The van der Waals surface area contributed by atoms with Gasteiger partial charge in [0.1, 0.15) is 5.75 Å². The van der Waals surface area contributed by atoms with Crippen LogP contribution in [0.15, 0.2) is 48.7 Å². The number of pyridine rings is 1. The maximum Gasteiger partial charge on any atom is 0.170 e. The lowest BCUT2D eigenvalue weighted by atomic mass is 9.96. The number of nitrogens with one attached hydrogen (secondary N) is 1. The molecule has 33 heavy (non-hydrogen) atoms. The fraction of sp³-hybridized carbons (Fsp3) is 0.360. The number of aromatic hydroxyl groups is 1. The third-order valence-corrected chi connectivity index (χ3v) is 7.18. The molecule has 2 saturated heterocycles.